The predicted octanol–water partition coefficient (Wildman–Crippen LogP) is 4.76. The van der Waals surface area contributed by atoms with E-state index in [0.717, 1.165) is 43.2 Å². The molecule has 2 amide bonds. The van der Waals surface area contributed by atoms with Crippen molar-refractivity contribution in [1.82, 2.24) is 15.1 Å². The molecule has 2 aliphatic heterocycles. The number of nitrogens with zero attached hydrogens (tertiary/aromatic N) is 2. The number of unbranched alkanes of at least 4 members (excludes halogenated alkanes) is 1. The van der Waals surface area contributed by atoms with Crippen LogP contribution in [0.3, 0.4) is 0 Å². The Bertz CT molecular complexity index is 1390. The van der Waals surface area contributed by atoms with Crippen molar-refractivity contribution in [2.45, 2.75) is 107 Å². The summed E-state index contributed by atoms with van der Waals surface area (Å²) in [5.41, 5.74) is 0.800. The zero-order valence-electron chi connectivity index (χ0n) is 25.9. The zero-order chi connectivity index (χ0) is 30.7. The molecule has 2 heterocycles. The number of halogens is 1. The summed E-state index contributed by atoms with van der Waals surface area (Å²) in [4.78, 5) is 31.9. The first-order chi connectivity index (χ1) is 20.5. The number of rotatable bonds is 10. The van der Waals surface area contributed by atoms with Crippen molar-refractivity contribution in [2.24, 2.45) is 0 Å². The standard InChI is InChI=1S/C33H46N4O5S.ClH/c1-3-4-20-37-30(38)29(23-32(40)16-6-5-7-17-32)34-31(39)33(37)18-21-36(22-19-33)24-26-10-12-27(13-11-26)35-43(41,42)28-14-8-25(2)9-15-28;/h8-15,29,35,40H,3-7,16-24H2,1-2H3,(H,34,39);1H/t29-;/m1./s1. The van der Waals surface area contributed by atoms with Crippen molar-refractivity contribution in [3.05, 3.63) is 59.7 Å². The molecule has 9 nitrogen and oxygen atoms in total. The van der Waals surface area contributed by atoms with Gasteiger partial charge in [0.2, 0.25) is 11.8 Å². The quantitative estimate of drug-likeness (QED) is 0.342. The fraction of sp³-hybridized carbons (Fsp3) is 0.576. The van der Waals surface area contributed by atoms with Crippen LogP contribution in [0, 0.1) is 6.92 Å². The summed E-state index contributed by atoms with van der Waals surface area (Å²) in [6, 6.07) is 13.5. The van der Waals surface area contributed by atoms with E-state index in [0.29, 0.717) is 64.0 Å². The molecule has 0 bridgehead atoms. The van der Waals surface area contributed by atoms with Crippen molar-refractivity contribution in [3.63, 3.8) is 0 Å². The van der Waals surface area contributed by atoms with E-state index in [2.05, 4.69) is 21.9 Å². The monoisotopic (exact) mass is 646 g/mol. The number of piperazine rings is 1. The molecule has 3 fully saturated rings. The second kappa shape index (κ2) is 14.2. The molecule has 44 heavy (non-hydrogen) atoms. The summed E-state index contributed by atoms with van der Waals surface area (Å²) in [5, 5.41) is 14.2. The smallest absolute Gasteiger partial charge is 0.261 e. The SMILES string of the molecule is CCCCN1C(=O)[C@@H](CC2(O)CCCCC2)NC(=O)C12CCN(Cc1ccc(NS(=O)(=O)c3ccc(C)cc3)cc1)CC2.Cl. The van der Waals surface area contributed by atoms with Crippen LogP contribution < -0.4 is 10.0 Å². The van der Waals surface area contributed by atoms with Crippen molar-refractivity contribution in [1.29, 1.82) is 0 Å². The molecule has 1 saturated carbocycles. The van der Waals surface area contributed by atoms with E-state index in [1.807, 2.05) is 24.0 Å². The lowest BCUT2D eigenvalue weighted by molar-refractivity contribution is -0.163. The third kappa shape index (κ3) is 7.58. The second-order valence-corrected chi connectivity index (χ2v) is 14.5. The Balaban J connectivity index is 0.00000442. The first kappa shape index (κ1) is 34.2. The average molecular weight is 647 g/mol. The van der Waals surface area contributed by atoms with Gasteiger partial charge in [0.25, 0.3) is 10.0 Å². The van der Waals surface area contributed by atoms with Gasteiger partial charge < -0.3 is 15.3 Å². The summed E-state index contributed by atoms with van der Waals surface area (Å²) < 4.78 is 28.1. The van der Waals surface area contributed by atoms with Crippen molar-refractivity contribution in [3.8, 4) is 0 Å². The summed E-state index contributed by atoms with van der Waals surface area (Å²) in [6.45, 7) is 6.56. The first-order valence-electron chi connectivity index (χ1n) is 15.8. The van der Waals surface area contributed by atoms with Gasteiger partial charge in [0.1, 0.15) is 11.6 Å². The molecule has 3 N–H and O–H groups in total. The fourth-order valence-electron chi connectivity index (χ4n) is 6.89. The van der Waals surface area contributed by atoms with Crippen LogP contribution in [0.5, 0.6) is 0 Å². The summed E-state index contributed by atoms with van der Waals surface area (Å²) in [5.74, 6) is -0.137. The number of carbonyl (C=O) groups excluding carboxylic acids is 2. The average Bonchev–Trinajstić information content (AvgIpc) is 2.98. The maximum absolute atomic E-state index is 13.8. The molecule has 242 valence electrons. The van der Waals surface area contributed by atoms with Gasteiger partial charge in [-0.3, -0.25) is 19.2 Å². The van der Waals surface area contributed by atoms with E-state index in [-0.39, 0.29) is 29.1 Å². The fourth-order valence-corrected chi connectivity index (χ4v) is 7.95. The van der Waals surface area contributed by atoms with E-state index >= 15 is 0 Å². The lowest BCUT2D eigenvalue weighted by Gasteiger charge is -2.52. The normalized spacial score (nSPS) is 21.9. The lowest BCUT2D eigenvalue weighted by atomic mass is 9.77. The van der Waals surface area contributed by atoms with E-state index in [1.165, 1.54) is 0 Å². The number of sulfonamides is 1. The highest BCUT2D eigenvalue weighted by Gasteiger charge is 2.54. The highest BCUT2D eigenvalue weighted by atomic mass is 35.5. The second-order valence-electron chi connectivity index (χ2n) is 12.8. The minimum absolute atomic E-state index is 0. The molecule has 2 aromatic rings. The molecule has 2 saturated heterocycles. The van der Waals surface area contributed by atoms with Gasteiger partial charge in [-0.25, -0.2) is 8.42 Å². The molecule has 1 aliphatic carbocycles. The zero-order valence-corrected chi connectivity index (χ0v) is 27.5. The minimum atomic E-state index is -3.67. The Labute approximate surface area is 268 Å². The van der Waals surface area contributed by atoms with Crippen LogP contribution >= 0.6 is 12.4 Å². The minimum Gasteiger partial charge on any atom is -0.390 e. The van der Waals surface area contributed by atoms with E-state index < -0.39 is 27.2 Å². The van der Waals surface area contributed by atoms with Crippen LogP contribution in [-0.4, -0.2) is 72.0 Å². The van der Waals surface area contributed by atoms with E-state index in [9.17, 15) is 23.1 Å². The highest BCUT2D eigenvalue weighted by Crippen LogP contribution is 2.37. The van der Waals surface area contributed by atoms with Gasteiger partial charge >= 0.3 is 0 Å². The molecule has 3 aliphatic rings. The van der Waals surface area contributed by atoms with Gasteiger partial charge in [-0.15, -0.1) is 12.4 Å². The van der Waals surface area contributed by atoms with Crippen LogP contribution in [0.15, 0.2) is 53.4 Å². The maximum Gasteiger partial charge on any atom is 0.261 e. The Hall–Kier alpha value is -2.66. The van der Waals surface area contributed by atoms with Gasteiger partial charge in [0, 0.05) is 38.3 Å². The van der Waals surface area contributed by atoms with Crippen molar-refractivity contribution in [2.75, 3.05) is 24.4 Å². The molecule has 0 radical (unpaired) electrons. The number of aryl methyl sites for hydroxylation is 1. The Morgan fingerprint density at radius 1 is 0.955 bits per heavy atom. The van der Waals surface area contributed by atoms with E-state index in [4.69, 9.17) is 0 Å². The number of piperidine rings is 1. The molecular formula is C33H47ClN4O5S. The number of nitrogens with one attached hydrogen (secondary N) is 2. The topological polar surface area (TPSA) is 119 Å². The van der Waals surface area contributed by atoms with Crippen LogP contribution in [0.4, 0.5) is 5.69 Å². The highest BCUT2D eigenvalue weighted by molar-refractivity contribution is 7.92. The van der Waals surface area contributed by atoms with Gasteiger partial charge in [-0.05, 0) is 68.9 Å². The number of anilines is 1. The molecule has 11 heteroatoms. The number of amides is 2. The largest absolute Gasteiger partial charge is 0.390 e. The van der Waals surface area contributed by atoms with Crippen LogP contribution in [-0.2, 0) is 26.2 Å². The third-order valence-corrected chi connectivity index (χ3v) is 10.9. The number of likely N-dealkylation sites (tertiary alicyclic amines) is 1. The molecule has 1 spiro atoms. The third-order valence-electron chi connectivity index (χ3n) is 9.54. The Morgan fingerprint density at radius 2 is 1.59 bits per heavy atom. The summed E-state index contributed by atoms with van der Waals surface area (Å²) in [6.07, 6.45) is 7.54. The number of hydrogen-bond acceptors (Lipinski definition) is 6. The summed E-state index contributed by atoms with van der Waals surface area (Å²) >= 11 is 0. The van der Waals surface area contributed by atoms with Gasteiger partial charge in [0.05, 0.1) is 10.5 Å². The molecule has 5 rings (SSSR count). The number of benzene rings is 2. The van der Waals surface area contributed by atoms with Gasteiger partial charge in [0.15, 0.2) is 0 Å². The maximum atomic E-state index is 13.8. The number of carbonyl (C=O) groups is 2. The lowest BCUT2D eigenvalue weighted by Crippen LogP contribution is -2.73. The Kier molecular flexibility index (Phi) is 11.0. The van der Waals surface area contributed by atoms with Crippen LogP contribution in [0.2, 0.25) is 0 Å². The Morgan fingerprint density at radius 3 is 2.20 bits per heavy atom. The van der Waals surface area contributed by atoms with Crippen molar-refractivity contribution >= 4 is 39.9 Å². The summed E-state index contributed by atoms with van der Waals surface area (Å²) in [7, 11) is -3.67. The predicted molar refractivity (Wildman–Crippen MR) is 174 cm³/mol. The molecule has 0 unspecified atom stereocenters. The number of aliphatic hydroxyl groups is 1. The van der Waals surface area contributed by atoms with Gasteiger partial charge in [-0.1, -0.05) is 62.4 Å². The molecular weight excluding hydrogens is 600 g/mol. The van der Waals surface area contributed by atoms with Crippen molar-refractivity contribution < 1.29 is 23.1 Å². The van der Waals surface area contributed by atoms with Crippen LogP contribution in [0.25, 0.3) is 0 Å². The van der Waals surface area contributed by atoms with E-state index in [1.54, 1.807) is 36.4 Å². The van der Waals surface area contributed by atoms with Gasteiger partial charge in [-0.2, -0.15) is 0 Å². The van der Waals surface area contributed by atoms with Crippen LogP contribution in [0.1, 0.15) is 82.3 Å². The molecule has 0 aromatic heterocycles. The molecule has 2 aromatic carbocycles. The number of hydrogen-bond donors (Lipinski definition) is 3. The first-order valence-corrected chi connectivity index (χ1v) is 17.3. The molecule has 1 atom stereocenters.